The largest absolute Gasteiger partial charge is 0.345 e. The van der Waals surface area contributed by atoms with Crippen LogP contribution in [0.25, 0.3) is 0 Å². The Kier molecular flexibility index (Phi) is 5.39. The van der Waals surface area contributed by atoms with E-state index in [2.05, 4.69) is 18.9 Å². The molecule has 3 atom stereocenters. The average Bonchev–Trinajstić information content (AvgIpc) is 3.17. The van der Waals surface area contributed by atoms with Crippen molar-refractivity contribution in [3.8, 4) is 0 Å². The Morgan fingerprint density at radius 1 is 1.35 bits per heavy atom. The van der Waals surface area contributed by atoms with Crippen LogP contribution in [0.3, 0.4) is 0 Å². The van der Waals surface area contributed by atoms with Gasteiger partial charge in [-0.05, 0) is 50.0 Å². The molecule has 6 heteroatoms. The van der Waals surface area contributed by atoms with E-state index in [1.54, 1.807) is 0 Å². The van der Waals surface area contributed by atoms with Gasteiger partial charge in [0.2, 0.25) is 5.91 Å². The summed E-state index contributed by atoms with van der Waals surface area (Å²) in [4.78, 5) is 28.8. The van der Waals surface area contributed by atoms with Crippen LogP contribution < -0.4 is 0 Å². The van der Waals surface area contributed by atoms with Crippen molar-refractivity contribution in [1.82, 2.24) is 19.6 Å². The second-order valence-electron chi connectivity index (χ2n) is 8.47. The van der Waals surface area contributed by atoms with Gasteiger partial charge >= 0.3 is 0 Å². The summed E-state index contributed by atoms with van der Waals surface area (Å²) in [6.45, 7) is 7.87. The molecule has 1 aliphatic heterocycles. The molecule has 0 radical (unpaired) electrons. The molecule has 1 unspecified atom stereocenters. The summed E-state index contributed by atoms with van der Waals surface area (Å²) in [6.07, 6.45) is 3.44. The Morgan fingerprint density at radius 2 is 2.04 bits per heavy atom. The average molecular weight is 361 g/mol. The number of likely N-dealkylation sites (tertiary alicyclic amines) is 1. The van der Waals surface area contributed by atoms with E-state index in [9.17, 15) is 9.59 Å². The summed E-state index contributed by atoms with van der Waals surface area (Å²) in [6, 6.07) is 2.17. The third-order valence-electron chi connectivity index (χ3n) is 6.02. The molecule has 1 saturated carbocycles. The van der Waals surface area contributed by atoms with E-state index in [1.165, 1.54) is 0 Å². The van der Waals surface area contributed by atoms with E-state index in [1.807, 2.05) is 41.6 Å². The standard InChI is InChI=1S/C20H32N4O2/c1-6-24-18(11-16(21-24)7-13(2)3)20(26)23(5)17-8-14-10-19(25)22(4)12-15(14)9-17/h11,13-15,17H,6-10,12H2,1-5H3/t14-,15+,17?/m0/s1. The summed E-state index contributed by atoms with van der Waals surface area (Å²) >= 11 is 0. The van der Waals surface area contributed by atoms with Crippen molar-refractivity contribution in [2.75, 3.05) is 20.6 Å². The fourth-order valence-electron chi connectivity index (χ4n) is 4.55. The molecule has 1 saturated heterocycles. The quantitative estimate of drug-likeness (QED) is 0.810. The summed E-state index contributed by atoms with van der Waals surface area (Å²) < 4.78 is 1.83. The molecule has 144 valence electrons. The van der Waals surface area contributed by atoms with Gasteiger partial charge in [0.05, 0.1) is 5.69 Å². The van der Waals surface area contributed by atoms with Crippen LogP contribution in [0.4, 0.5) is 0 Å². The van der Waals surface area contributed by atoms with Gasteiger partial charge in [0, 0.05) is 39.6 Å². The second-order valence-corrected chi connectivity index (χ2v) is 8.47. The second kappa shape index (κ2) is 7.41. The Morgan fingerprint density at radius 3 is 2.69 bits per heavy atom. The monoisotopic (exact) mass is 360 g/mol. The molecule has 1 aromatic rings. The molecule has 2 aliphatic rings. The highest BCUT2D eigenvalue weighted by atomic mass is 16.2. The highest BCUT2D eigenvalue weighted by molar-refractivity contribution is 5.92. The van der Waals surface area contributed by atoms with Gasteiger partial charge in [-0.25, -0.2) is 0 Å². The van der Waals surface area contributed by atoms with E-state index in [-0.39, 0.29) is 17.9 Å². The van der Waals surface area contributed by atoms with Gasteiger partial charge < -0.3 is 9.80 Å². The van der Waals surface area contributed by atoms with Crippen LogP contribution in [0.5, 0.6) is 0 Å². The van der Waals surface area contributed by atoms with E-state index in [4.69, 9.17) is 0 Å². The molecule has 0 bridgehead atoms. The molecule has 1 aromatic heterocycles. The minimum Gasteiger partial charge on any atom is -0.345 e. The number of amides is 2. The predicted molar refractivity (Wildman–Crippen MR) is 101 cm³/mol. The molecule has 0 N–H and O–H groups in total. The van der Waals surface area contributed by atoms with E-state index >= 15 is 0 Å². The Hall–Kier alpha value is -1.85. The third kappa shape index (κ3) is 3.64. The normalized spacial score (nSPS) is 25.7. The van der Waals surface area contributed by atoms with Crippen molar-refractivity contribution in [3.63, 3.8) is 0 Å². The van der Waals surface area contributed by atoms with Crippen LogP contribution in [0.1, 0.15) is 56.2 Å². The highest BCUT2D eigenvalue weighted by Crippen LogP contribution is 2.40. The number of carbonyl (C=O) groups excluding carboxylic acids is 2. The van der Waals surface area contributed by atoms with Crippen LogP contribution in [0.15, 0.2) is 6.07 Å². The lowest BCUT2D eigenvalue weighted by Crippen LogP contribution is -2.40. The first kappa shape index (κ1) is 18.9. The predicted octanol–water partition coefficient (Wildman–Crippen LogP) is 2.43. The zero-order valence-corrected chi connectivity index (χ0v) is 16.7. The molecule has 2 amide bonds. The highest BCUT2D eigenvalue weighted by Gasteiger charge is 2.42. The molecule has 2 heterocycles. The summed E-state index contributed by atoms with van der Waals surface area (Å²) in [5.74, 6) is 1.75. The number of nitrogens with zero attached hydrogens (tertiary/aromatic N) is 4. The van der Waals surface area contributed by atoms with Crippen molar-refractivity contribution >= 4 is 11.8 Å². The van der Waals surface area contributed by atoms with Crippen molar-refractivity contribution in [1.29, 1.82) is 0 Å². The molecule has 2 fully saturated rings. The Balaban J connectivity index is 1.72. The number of fused-ring (bicyclic) bond motifs is 1. The molecular formula is C20H32N4O2. The maximum Gasteiger partial charge on any atom is 0.272 e. The molecule has 0 spiro atoms. The van der Waals surface area contributed by atoms with Gasteiger partial charge in [-0.1, -0.05) is 13.8 Å². The lowest BCUT2D eigenvalue weighted by Gasteiger charge is -2.31. The Labute approximate surface area is 156 Å². The minimum absolute atomic E-state index is 0.0534. The first-order chi connectivity index (χ1) is 12.3. The fourth-order valence-corrected chi connectivity index (χ4v) is 4.55. The lowest BCUT2D eigenvalue weighted by molar-refractivity contribution is -0.134. The smallest absolute Gasteiger partial charge is 0.272 e. The van der Waals surface area contributed by atoms with Crippen molar-refractivity contribution in [2.45, 2.75) is 59.0 Å². The number of hydrogen-bond acceptors (Lipinski definition) is 3. The molecule has 26 heavy (non-hydrogen) atoms. The maximum atomic E-state index is 13.1. The number of piperidine rings is 1. The summed E-state index contributed by atoms with van der Waals surface area (Å²) in [7, 11) is 3.79. The first-order valence-electron chi connectivity index (χ1n) is 9.88. The van der Waals surface area contributed by atoms with Crippen LogP contribution in [-0.2, 0) is 17.8 Å². The number of hydrogen-bond donors (Lipinski definition) is 0. The van der Waals surface area contributed by atoms with Crippen molar-refractivity contribution < 1.29 is 9.59 Å². The van der Waals surface area contributed by atoms with Gasteiger partial charge in [0.25, 0.3) is 5.91 Å². The Bertz CT molecular complexity index is 681. The van der Waals surface area contributed by atoms with Gasteiger partial charge in [-0.15, -0.1) is 0 Å². The summed E-state index contributed by atoms with van der Waals surface area (Å²) in [5.41, 5.74) is 1.68. The van der Waals surface area contributed by atoms with Crippen molar-refractivity contribution in [3.05, 3.63) is 17.5 Å². The topological polar surface area (TPSA) is 58.4 Å². The van der Waals surface area contributed by atoms with Crippen LogP contribution in [-0.4, -0.2) is 58.1 Å². The van der Waals surface area contributed by atoms with E-state index < -0.39 is 0 Å². The van der Waals surface area contributed by atoms with E-state index in [0.717, 1.165) is 31.5 Å². The number of carbonyl (C=O) groups is 2. The van der Waals surface area contributed by atoms with E-state index in [0.29, 0.717) is 36.4 Å². The zero-order chi connectivity index (χ0) is 19.0. The molecule has 1 aliphatic carbocycles. The summed E-state index contributed by atoms with van der Waals surface area (Å²) in [5, 5.41) is 4.61. The number of aromatic nitrogens is 2. The van der Waals surface area contributed by atoms with Crippen LogP contribution >= 0.6 is 0 Å². The zero-order valence-electron chi connectivity index (χ0n) is 16.7. The maximum absolute atomic E-state index is 13.1. The van der Waals surface area contributed by atoms with Crippen molar-refractivity contribution in [2.24, 2.45) is 17.8 Å². The number of aryl methyl sites for hydroxylation is 1. The van der Waals surface area contributed by atoms with Gasteiger partial charge in [0.15, 0.2) is 0 Å². The lowest BCUT2D eigenvalue weighted by atomic mass is 9.88. The van der Waals surface area contributed by atoms with Crippen LogP contribution in [0.2, 0.25) is 0 Å². The molecule has 3 rings (SSSR count). The molecular weight excluding hydrogens is 328 g/mol. The third-order valence-corrected chi connectivity index (χ3v) is 6.02. The molecule has 6 nitrogen and oxygen atoms in total. The number of rotatable bonds is 5. The van der Waals surface area contributed by atoms with Gasteiger partial charge in [-0.2, -0.15) is 5.10 Å². The van der Waals surface area contributed by atoms with Gasteiger partial charge in [-0.3, -0.25) is 14.3 Å². The molecule has 0 aromatic carbocycles. The van der Waals surface area contributed by atoms with Crippen LogP contribution in [0, 0.1) is 17.8 Å². The SMILES string of the molecule is CCn1nc(CC(C)C)cc1C(=O)N(C)C1C[C@H]2CC(=O)N(C)C[C@H]2C1. The fraction of sp³-hybridized carbons (Fsp3) is 0.750. The first-order valence-corrected chi connectivity index (χ1v) is 9.88. The van der Waals surface area contributed by atoms with Gasteiger partial charge in [0.1, 0.15) is 5.69 Å². The minimum atomic E-state index is 0.0534.